The maximum Gasteiger partial charge on any atom is 0.282 e. The first-order chi connectivity index (χ1) is 16.0. The fraction of sp³-hybridized carbons (Fsp3) is 0.185. The quantitative estimate of drug-likeness (QED) is 0.350. The Morgan fingerprint density at radius 2 is 1.58 bits per heavy atom. The largest absolute Gasteiger partial charge is 0.490 e. The first-order valence-electron chi connectivity index (χ1n) is 10.9. The maximum absolute atomic E-state index is 13.5. The molecule has 1 aliphatic rings. The molecule has 3 aromatic carbocycles. The smallest absolute Gasteiger partial charge is 0.282 e. The number of nitrogens with zero attached hydrogens (tertiary/aromatic N) is 2. The number of aryl methyl sites for hydroxylation is 1. The Kier molecular flexibility index (Phi) is 6.94. The van der Waals surface area contributed by atoms with Gasteiger partial charge in [0.25, 0.3) is 5.91 Å². The van der Waals surface area contributed by atoms with Crippen molar-refractivity contribution in [2.75, 3.05) is 18.1 Å². The zero-order valence-corrected chi connectivity index (χ0v) is 20.4. The minimum atomic E-state index is -0.181. The molecule has 6 heteroatoms. The highest BCUT2D eigenvalue weighted by Crippen LogP contribution is 2.32. The van der Waals surface area contributed by atoms with E-state index in [0.717, 1.165) is 26.9 Å². The topological polar surface area (TPSA) is 51.1 Å². The summed E-state index contributed by atoms with van der Waals surface area (Å²) < 4.78 is 12.3. The van der Waals surface area contributed by atoms with Crippen LogP contribution in [-0.2, 0) is 4.79 Å². The molecule has 3 aromatic rings. The number of aliphatic imine (C=N–C) groups is 1. The van der Waals surface area contributed by atoms with E-state index < -0.39 is 0 Å². The molecule has 0 unspecified atom stereocenters. The maximum atomic E-state index is 13.5. The Hall–Kier alpha value is -3.38. The van der Waals surface area contributed by atoms with Crippen LogP contribution >= 0.6 is 15.9 Å². The molecule has 1 aliphatic heterocycles. The Balaban J connectivity index is 1.77. The van der Waals surface area contributed by atoms with E-state index in [0.29, 0.717) is 36.2 Å². The molecule has 0 aromatic heterocycles. The summed E-state index contributed by atoms with van der Waals surface area (Å²) in [5.74, 6) is 1.75. The van der Waals surface area contributed by atoms with Gasteiger partial charge in [0.1, 0.15) is 11.5 Å². The molecule has 0 spiro atoms. The van der Waals surface area contributed by atoms with Crippen LogP contribution in [0.1, 0.15) is 30.5 Å². The van der Waals surface area contributed by atoms with E-state index in [2.05, 4.69) is 15.9 Å². The predicted octanol–water partition coefficient (Wildman–Crippen LogP) is 6.39. The predicted molar refractivity (Wildman–Crippen MR) is 136 cm³/mol. The first-order valence-corrected chi connectivity index (χ1v) is 11.7. The number of benzene rings is 3. The third-order valence-electron chi connectivity index (χ3n) is 5.13. The average molecular weight is 505 g/mol. The van der Waals surface area contributed by atoms with Crippen molar-refractivity contribution < 1.29 is 14.3 Å². The van der Waals surface area contributed by atoms with E-state index in [1.165, 1.54) is 0 Å². The van der Waals surface area contributed by atoms with Gasteiger partial charge in [-0.25, -0.2) is 4.99 Å². The van der Waals surface area contributed by atoms with Gasteiger partial charge in [-0.3, -0.25) is 9.69 Å². The minimum Gasteiger partial charge on any atom is -0.490 e. The summed E-state index contributed by atoms with van der Waals surface area (Å²) in [5.41, 5.74) is 3.96. The summed E-state index contributed by atoms with van der Waals surface area (Å²) in [6.45, 7) is 6.96. The van der Waals surface area contributed by atoms with Crippen LogP contribution in [0.4, 0.5) is 5.69 Å². The van der Waals surface area contributed by atoms with E-state index in [9.17, 15) is 4.79 Å². The highest BCUT2D eigenvalue weighted by Gasteiger charge is 2.32. The van der Waals surface area contributed by atoms with Crippen LogP contribution in [0.25, 0.3) is 6.08 Å². The molecule has 0 bridgehead atoms. The number of halogens is 1. The lowest BCUT2D eigenvalue weighted by Crippen LogP contribution is -2.32. The van der Waals surface area contributed by atoms with E-state index in [1.807, 2.05) is 87.5 Å². The van der Waals surface area contributed by atoms with Gasteiger partial charge in [-0.05, 0) is 68.8 Å². The molecule has 0 aliphatic carbocycles. The van der Waals surface area contributed by atoms with Gasteiger partial charge in [-0.1, -0.05) is 51.8 Å². The Morgan fingerprint density at radius 1 is 0.909 bits per heavy atom. The van der Waals surface area contributed by atoms with Crippen LogP contribution in [0.5, 0.6) is 11.5 Å². The SMILES string of the molecule is CCOc1ccc(/C=C2/N=C(c3ccc(C)cc3)N(c3ccc(Br)cc3)C2=O)cc1OCC. The van der Waals surface area contributed by atoms with Gasteiger partial charge in [-0.15, -0.1) is 0 Å². The first kappa shape index (κ1) is 22.8. The van der Waals surface area contributed by atoms with Crippen LogP contribution in [0, 0.1) is 6.92 Å². The number of carbonyl (C=O) groups excluding carboxylic acids is 1. The molecule has 5 nitrogen and oxygen atoms in total. The van der Waals surface area contributed by atoms with Crippen LogP contribution in [0.3, 0.4) is 0 Å². The van der Waals surface area contributed by atoms with Gasteiger partial charge < -0.3 is 9.47 Å². The van der Waals surface area contributed by atoms with Crippen LogP contribution in [0.15, 0.2) is 81.9 Å². The minimum absolute atomic E-state index is 0.181. The van der Waals surface area contributed by atoms with Crippen molar-refractivity contribution in [1.82, 2.24) is 0 Å². The van der Waals surface area contributed by atoms with Crippen LogP contribution in [0.2, 0.25) is 0 Å². The molecule has 1 heterocycles. The van der Waals surface area contributed by atoms with Gasteiger partial charge in [0, 0.05) is 10.0 Å². The monoisotopic (exact) mass is 504 g/mol. The molecule has 0 radical (unpaired) electrons. The molecule has 33 heavy (non-hydrogen) atoms. The summed E-state index contributed by atoms with van der Waals surface area (Å²) in [4.78, 5) is 19.9. The summed E-state index contributed by atoms with van der Waals surface area (Å²) in [5, 5.41) is 0. The second kappa shape index (κ2) is 10.0. The summed E-state index contributed by atoms with van der Waals surface area (Å²) >= 11 is 3.46. The van der Waals surface area contributed by atoms with Crippen molar-refractivity contribution >= 4 is 39.4 Å². The standard InChI is InChI=1S/C27H25BrN2O3/c1-4-32-24-15-8-19(17-25(24)33-5-2)16-23-27(31)30(22-13-11-21(28)12-14-22)26(29-23)20-9-6-18(3)7-10-20/h6-17H,4-5H2,1-3H3/b23-16+. The van der Waals surface area contributed by atoms with Crippen molar-refractivity contribution in [2.45, 2.75) is 20.8 Å². The van der Waals surface area contributed by atoms with Crippen molar-refractivity contribution in [3.05, 3.63) is 93.6 Å². The highest BCUT2D eigenvalue weighted by molar-refractivity contribution is 9.10. The average Bonchev–Trinajstić information content (AvgIpc) is 3.13. The van der Waals surface area contributed by atoms with Gasteiger partial charge in [0.15, 0.2) is 11.5 Å². The molecule has 0 fully saturated rings. The van der Waals surface area contributed by atoms with E-state index in [-0.39, 0.29) is 5.91 Å². The Labute approximate surface area is 202 Å². The van der Waals surface area contributed by atoms with Gasteiger partial charge in [0.2, 0.25) is 0 Å². The molecule has 168 valence electrons. The molecule has 0 saturated carbocycles. The van der Waals surface area contributed by atoms with Crippen molar-refractivity contribution in [2.24, 2.45) is 4.99 Å². The Morgan fingerprint density at radius 3 is 2.24 bits per heavy atom. The number of ether oxygens (including phenoxy) is 2. The van der Waals surface area contributed by atoms with Crippen molar-refractivity contribution in [1.29, 1.82) is 0 Å². The number of hydrogen-bond donors (Lipinski definition) is 0. The summed E-state index contributed by atoms with van der Waals surface area (Å²) in [7, 11) is 0. The molecule has 4 rings (SSSR count). The molecular weight excluding hydrogens is 480 g/mol. The van der Waals surface area contributed by atoms with Crippen molar-refractivity contribution in [3.63, 3.8) is 0 Å². The van der Waals surface area contributed by atoms with E-state index in [4.69, 9.17) is 14.5 Å². The number of amidine groups is 1. The summed E-state index contributed by atoms with van der Waals surface area (Å²) in [6, 6.07) is 21.3. The zero-order chi connectivity index (χ0) is 23.4. The molecule has 1 amide bonds. The molecular formula is C27H25BrN2O3. The molecule has 0 atom stereocenters. The second-order valence-electron chi connectivity index (χ2n) is 7.52. The van der Waals surface area contributed by atoms with Gasteiger partial charge in [-0.2, -0.15) is 0 Å². The Bertz CT molecular complexity index is 1220. The summed E-state index contributed by atoms with van der Waals surface area (Å²) in [6.07, 6.45) is 1.79. The van der Waals surface area contributed by atoms with Crippen molar-refractivity contribution in [3.8, 4) is 11.5 Å². The number of rotatable bonds is 7. The zero-order valence-electron chi connectivity index (χ0n) is 18.8. The number of anilines is 1. The number of carbonyl (C=O) groups is 1. The van der Waals surface area contributed by atoms with Crippen LogP contribution in [-0.4, -0.2) is 25.0 Å². The van der Waals surface area contributed by atoms with Crippen LogP contribution < -0.4 is 14.4 Å². The fourth-order valence-corrected chi connectivity index (χ4v) is 3.82. The second-order valence-corrected chi connectivity index (χ2v) is 8.44. The fourth-order valence-electron chi connectivity index (χ4n) is 3.56. The van der Waals surface area contributed by atoms with Gasteiger partial charge >= 0.3 is 0 Å². The number of amides is 1. The lowest BCUT2D eigenvalue weighted by atomic mass is 10.1. The highest BCUT2D eigenvalue weighted by atomic mass is 79.9. The third-order valence-corrected chi connectivity index (χ3v) is 5.65. The lowest BCUT2D eigenvalue weighted by Gasteiger charge is -2.18. The molecule has 0 N–H and O–H groups in total. The number of hydrogen-bond acceptors (Lipinski definition) is 4. The normalized spacial score (nSPS) is 14.5. The van der Waals surface area contributed by atoms with E-state index >= 15 is 0 Å². The third kappa shape index (κ3) is 5.01. The van der Waals surface area contributed by atoms with E-state index in [1.54, 1.807) is 11.0 Å². The van der Waals surface area contributed by atoms with Gasteiger partial charge in [0.05, 0.1) is 18.9 Å². The molecule has 0 saturated heterocycles. The lowest BCUT2D eigenvalue weighted by molar-refractivity contribution is -0.113.